The van der Waals surface area contributed by atoms with Crippen LogP contribution < -0.4 is 5.73 Å². The number of nitrogens with zero attached hydrogens (tertiary/aromatic N) is 1. The monoisotopic (exact) mass is 268 g/mol. The summed E-state index contributed by atoms with van der Waals surface area (Å²) in [4.78, 5) is 14.1. The maximum absolute atomic E-state index is 12.2. The van der Waals surface area contributed by atoms with E-state index in [4.69, 9.17) is 10.5 Å². The van der Waals surface area contributed by atoms with Crippen LogP contribution in [0.1, 0.15) is 40.5 Å². The summed E-state index contributed by atoms with van der Waals surface area (Å²) in [6, 6.07) is 0. The molecule has 1 aliphatic heterocycles. The Hall–Kier alpha value is -0.770. The largest absolute Gasteiger partial charge is 0.444 e. The van der Waals surface area contributed by atoms with Gasteiger partial charge in [-0.25, -0.2) is 4.79 Å². The van der Waals surface area contributed by atoms with Crippen molar-refractivity contribution in [2.75, 3.05) is 19.6 Å². The van der Waals surface area contributed by atoms with E-state index in [1.54, 1.807) is 0 Å². The van der Waals surface area contributed by atoms with E-state index in [1.165, 1.54) is 12.8 Å². The SMILES string of the molecule is CC1CC2CN(C(=O)OC(C)(C)C)CC(C1)C2CN. The fourth-order valence-electron chi connectivity index (χ4n) is 3.79. The second-order valence-electron chi connectivity index (χ2n) is 7.38. The van der Waals surface area contributed by atoms with Crippen LogP contribution in [0.25, 0.3) is 0 Å². The minimum Gasteiger partial charge on any atom is -0.444 e. The second kappa shape index (κ2) is 5.31. The maximum Gasteiger partial charge on any atom is 0.410 e. The zero-order valence-corrected chi connectivity index (χ0v) is 12.7. The highest BCUT2D eigenvalue weighted by Crippen LogP contribution is 2.42. The van der Waals surface area contributed by atoms with Gasteiger partial charge in [-0.05, 0) is 63.8 Å². The van der Waals surface area contributed by atoms with Gasteiger partial charge in [0.15, 0.2) is 0 Å². The van der Waals surface area contributed by atoms with Crippen LogP contribution in [-0.2, 0) is 4.74 Å². The summed E-state index contributed by atoms with van der Waals surface area (Å²) in [6.07, 6.45) is 2.22. The van der Waals surface area contributed by atoms with E-state index in [2.05, 4.69) is 6.92 Å². The molecule has 0 aromatic heterocycles. The Labute approximate surface area is 116 Å². The Morgan fingerprint density at radius 3 is 2.21 bits per heavy atom. The fraction of sp³-hybridized carbons (Fsp3) is 0.933. The molecule has 2 aliphatic rings. The number of carbonyl (C=O) groups excluding carboxylic acids is 1. The molecule has 0 radical (unpaired) electrons. The van der Waals surface area contributed by atoms with Gasteiger partial charge in [-0.1, -0.05) is 6.92 Å². The summed E-state index contributed by atoms with van der Waals surface area (Å²) in [5, 5.41) is 0. The molecule has 1 aliphatic carbocycles. The molecule has 4 nitrogen and oxygen atoms in total. The highest BCUT2D eigenvalue weighted by Gasteiger charge is 2.43. The smallest absolute Gasteiger partial charge is 0.410 e. The van der Waals surface area contributed by atoms with Crippen LogP contribution in [0.5, 0.6) is 0 Å². The van der Waals surface area contributed by atoms with Crippen LogP contribution in [-0.4, -0.2) is 36.2 Å². The number of likely N-dealkylation sites (tertiary alicyclic amines) is 1. The minimum absolute atomic E-state index is 0.160. The summed E-state index contributed by atoms with van der Waals surface area (Å²) in [5.74, 6) is 2.47. The molecule has 0 aromatic rings. The molecule has 4 heteroatoms. The zero-order valence-electron chi connectivity index (χ0n) is 12.7. The zero-order chi connectivity index (χ0) is 14.2. The summed E-state index contributed by atoms with van der Waals surface area (Å²) >= 11 is 0. The van der Waals surface area contributed by atoms with Gasteiger partial charge in [-0.3, -0.25) is 0 Å². The van der Waals surface area contributed by atoms with Crippen molar-refractivity contribution in [1.82, 2.24) is 4.90 Å². The molecule has 2 rings (SSSR count). The van der Waals surface area contributed by atoms with E-state index < -0.39 is 5.60 Å². The number of amides is 1. The van der Waals surface area contributed by atoms with Crippen LogP contribution in [0, 0.1) is 23.7 Å². The van der Waals surface area contributed by atoms with Gasteiger partial charge in [0.25, 0.3) is 0 Å². The van der Waals surface area contributed by atoms with Crippen molar-refractivity contribution in [1.29, 1.82) is 0 Å². The maximum atomic E-state index is 12.2. The number of ether oxygens (including phenoxy) is 1. The molecule has 2 N–H and O–H groups in total. The number of hydrogen-bond acceptors (Lipinski definition) is 3. The number of piperidine rings is 1. The summed E-state index contributed by atoms with van der Waals surface area (Å²) in [6.45, 7) is 10.5. The van der Waals surface area contributed by atoms with Gasteiger partial charge in [0.05, 0.1) is 0 Å². The van der Waals surface area contributed by atoms with E-state index in [0.29, 0.717) is 17.8 Å². The molecule has 2 bridgehead atoms. The summed E-state index contributed by atoms with van der Waals surface area (Å²) < 4.78 is 5.49. The lowest BCUT2D eigenvalue weighted by Crippen LogP contribution is -2.54. The van der Waals surface area contributed by atoms with Crippen LogP contribution in [0.15, 0.2) is 0 Å². The van der Waals surface area contributed by atoms with Gasteiger partial charge in [0, 0.05) is 13.1 Å². The number of nitrogens with two attached hydrogens (primary N) is 1. The first-order chi connectivity index (χ1) is 8.80. The normalized spacial score (nSPS) is 35.1. The Balaban J connectivity index is 2.02. The Morgan fingerprint density at radius 1 is 1.26 bits per heavy atom. The number of carbonyl (C=O) groups is 1. The van der Waals surface area contributed by atoms with Crippen LogP contribution in [0.4, 0.5) is 4.79 Å². The average Bonchev–Trinajstić information content (AvgIpc) is 2.24. The molecule has 2 atom stereocenters. The van der Waals surface area contributed by atoms with E-state index in [-0.39, 0.29) is 6.09 Å². The lowest BCUT2D eigenvalue weighted by atomic mass is 9.65. The molecule has 1 amide bonds. The Morgan fingerprint density at radius 2 is 1.79 bits per heavy atom. The molecule has 2 unspecified atom stereocenters. The highest BCUT2D eigenvalue weighted by atomic mass is 16.6. The molecular weight excluding hydrogens is 240 g/mol. The standard InChI is InChI=1S/C15H28N2O2/c1-10-5-11-8-17(14(18)19-15(2,3)4)9-12(6-10)13(11)7-16/h10-13H,5-9,16H2,1-4H3. The van der Waals surface area contributed by atoms with Crippen LogP contribution in [0.2, 0.25) is 0 Å². The third kappa shape index (κ3) is 3.41. The molecule has 110 valence electrons. The highest BCUT2D eigenvalue weighted by molar-refractivity contribution is 5.68. The first kappa shape index (κ1) is 14.6. The van der Waals surface area contributed by atoms with Crippen LogP contribution in [0.3, 0.4) is 0 Å². The van der Waals surface area contributed by atoms with Gasteiger partial charge in [-0.2, -0.15) is 0 Å². The van der Waals surface area contributed by atoms with E-state index in [0.717, 1.165) is 25.6 Å². The second-order valence-corrected chi connectivity index (χ2v) is 7.38. The van der Waals surface area contributed by atoms with Crippen molar-refractivity contribution in [3.63, 3.8) is 0 Å². The number of hydrogen-bond donors (Lipinski definition) is 1. The van der Waals surface area contributed by atoms with Gasteiger partial charge in [-0.15, -0.1) is 0 Å². The fourth-order valence-corrected chi connectivity index (χ4v) is 3.79. The van der Waals surface area contributed by atoms with Crippen molar-refractivity contribution < 1.29 is 9.53 Å². The van der Waals surface area contributed by atoms with Crippen molar-refractivity contribution in [2.45, 2.75) is 46.1 Å². The minimum atomic E-state index is -0.412. The Kier molecular flexibility index (Phi) is 4.09. The van der Waals surface area contributed by atoms with E-state index in [1.807, 2.05) is 25.7 Å². The van der Waals surface area contributed by atoms with Gasteiger partial charge >= 0.3 is 6.09 Å². The van der Waals surface area contributed by atoms with Crippen molar-refractivity contribution in [3.05, 3.63) is 0 Å². The molecule has 1 heterocycles. The third-order valence-electron chi connectivity index (χ3n) is 4.45. The van der Waals surface area contributed by atoms with Gasteiger partial charge < -0.3 is 15.4 Å². The molecular formula is C15H28N2O2. The lowest BCUT2D eigenvalue weighted by molar-refractivity contribution is -0.0224. The third-order valence-corrected chi connectivity index (χ3v) is 4.45. The summed E-state index contributed by atoms with van der Waals surface area (Å²) in [5.41, 5.74) is 5.52. The van der Waals surface area contributed by atoms with Crippen molar-refractivity contribution in [3.8, 4) is 0 Å². The molecule has 0 aromatic carbocycles. The average molecular weight is 268 g/mol. The van der Waals surface area contributed by atoms with Crippen LogP contribution >= 0.6 is 0 Å². The quantitative estimate of drug-likeness (QED) is 0.795. The van der Waals surface area contributed by atoms with E-state index >= 15 is 0 Å². The topological polar surface area (TPSA) is 55.6 Å². The van der Waals surface area contributed by atoms with Crippen molar-refractivity contribution in [2.24, 2.45) is 29.4 Å². The predicted molar refractivity (Wildman–Crippen MR) is 75.7 cm³/mol. The predicted octanol–water partition coefficient (Wildman–Crippen LogP) is 2.47. The molecule has 0 spiro atoms. The first-order valence-corrected chi connectivity index (χ1v) is 7.48. The number of fused-ring (bicyclic) bond motifs is 2. The lowest BCUT2D eigenvalue weighted by Gasteiger charge is -2.48. The molecule has 2 fully saturated rings. The molecule has 19 heavy (non-hydrogen) atoms. The van der Waals surface area contributed by atoms with Crippen molar-refractivity contribution >= 4 is 6.09 Å². The number of rotatable bonds is 1. The van der Waals surface area contributed by atoms with Gasteiger partial charge in [0.1, 0.15) is 5.60 Å². The first-order valence-electron chi connectivity index (χ1n) is 7.48. The van der Waals surface area contributed by atoms with E-state index in [9.17, 15) is 4.79 Å². The molecule has 1 saturated heterocycles. The Bertz CT molecular complexity index is 322. The van der Waals surface area contributed by atoms with Gasteiger partial charge in [0.2, 0.25) is 0 Å². The molecule has 1 saturated carbocycles. The summed E-state index contributed by atoms with van der Waals surface area (Å²) in [7, 11) is 0.